The molecule has 5 heteroatoms. The van der Waals surface area contributed by atoms with Crippen molar-refractivity contribution < 1.29 is 4.42 Å². The summed E-state index contributed by atoms with van der Waals surface area (Å²) in [6, 6.07) is 14.1. The number of anilines is 1. The van der Waals surface area contributed by atoms with Gasteiger partial charge >= 0.3 is 0 Å². The molecular formula is C15H15BrN2OS. The zero-order valence-corrected chi connectivity index (χ0v) is 13.5. The van der Waals surface area contributed by atoms with Crippen molar-refractivity contribution in [3.63, 3.8) is 0 Å². The van der Waals surface area contributed by atoms with Crippen molar-refractivity contribution in [3.05, 3.63) is 59.4 Å². The number of halogens is 1. The third-order valence-corrected chi connectivity index (χ3v) is 3.77. The summed E-state index contributed by atoms with van der Waals surface area (Å²) in [7, 11) is 0. The number of furan rings is 1. The zero-order valence-electron chi connectivity index (χ0n) is 11.0. The number of hydrogen-bond acceptors (Lipinski definition) is 4. The maximum absolute atomic E-state index is 5.29. The minimum Gasteiger partial charge on any atom is -0.467 e. The van der Waals surface area contributed by atoms with Crippen LogP contribution < -0.4 is 5.32 Å². The van der Waals surface area contributed by atoms with Crippen molar-refractivity contribution in [1.82, 2.24) is 4.98 Å². The number of rotatable bonds is 4. The fraction of sp³-hybridized carbons (Fsp3) is 0.133. The molecule has 0 aliphatic carbocycles. The molecule has 0 unspecified atom stereocenters. The Labute approximate surface area is 132 Å². The molecule has 1 aromatic carbocycles. The van der Waals surface area contributed by atoms with E-state index in [4.69, 9.17) is 4.42 Å². The Hall–Kier alpha value is -1.59. The molecule has 0 fully saturated rings. The van der Waals surface area contributed by atoms with Crippen LogP contribution in [0.4, 0.5) is 5.13 Å². The van der Waals surface area contributed by atoms with Crippen LogP contribution in [-0.2, 0) is 6.54 Å². The third-order valence-electron chi connectivity index (χ3n) is 2.84. The van der Waals surface area contributed by atoms with Crippen molar-refractivity contribution in [2.75, 3.05) is 5.32 Å². The lowest BCUT2D eigenvalue weighted by molar-refractivity contribution is 0.518. The second kappa shape index (κ2) is 6.72. The Balaban J connectivity index is 0.00000147. The molecule has 0 spiro atoms. The lowest BCUT2D eigenvalue weighted by Crippen LogP contribution is -1.97. The van der Waals surface area contributed by atoms with E-state index >= 15 is 0 Å². The van der Waals surface area contributed by atoms with Crippen LogP contribution in [0.15, 0.2) is 53.1 Å². The first-order chi connectivity index (χ1) is 9.33. The second-order valence-electron chi connectivity index (χ2n) is 4.22. The molecule has 3 rings (SSSR count). The summed E-state index contributed by atoms with van der Waals surface area (Å²) < 4.78 is 5.29. The van der Waals surface area contributed by atoms with Crippen LogP contribution in [0.3, 0.4) is 0 Å². The Morgan fingerprint density at radius 1 is 1.15 bits per heavy atom. The maximum atomic E-state index is 5.29. The Kier molecular flexibility index (Phi) is 4.98. The van der Waals surface area contributed by atoms with Gasteiger partial charge in [-0.2, -0.15) is 0 Å². The summed E-state index contributed by atoms with van der Waals surface area (Å²) in [4.78, 5) is 5.86. The number of benzene rings is 1. The van der Waals surface area contributed by atoms with Crippen LogP contribution in [0.2, 0.25) is 0 Å². The number of nitrogens with one attached hydrogen (secondary N) is 1. The molecule has 0 amide bonds. The number of hydrogen-bond donors (Lipinski definition) is 1. The summed E-state index contributed by atoms with van der Waals surface area (Å²) in [6.07, 6.45) is 1.68. The molecular weight excluding hydrogens is 336 g/mol. The van der Waals surface area contributed by atoms with E-state index in [0.717, 1.165) is 22.1 Å². The lowest BCUT2D eigenvalue weighted by atomic mass is 10.1. The first-order valence-electron chi connectivity index (χ1n) is 6.12. The van der Waals surface area contributed by atoms with Gasteiger partial charge in [0.25, 0.3) is 0 Å². The monoisotopic (exact) mass is 350 g/mol. The average Bonchev–Trinajstić information content (AvgIpc) is 3.07. The molecule has 3 nitrogen and oxygen atoms in total. The normalized spacial score (nSPS) is 10.1. The summed E-state index contributed by atoms with van der Waals surface area (Å²) in [6.45, 7) is 2.76. The molecule has 0 aliphatic rings. The van der Waals surface area contributed by atoms with Gasteiger partial charge in [-0.25, -0.2) is 4.98 Å². The Bertz CT molecular complexity index is 650. The highest BCUT2D eigenvalue weighted by Gasteiger charge is 2.09. The van der Waals surface area contributed by atoms with Crippen LogP contribution in [0.1, 0.15) is 10.6 Å². The predicted molar refractivity (Wildman–Crippen MR) is 88.6 cm³/mol. The zero-order chi connectivity index (χ0) is 13.1. The highest BCUT2D eigenvalue weighted by molar-refractivity contribution is 8.93. The van der Waals surface area contributed by atoms with Gasteiger partial charge in [-0.1, -0.05) is 30.3 Å². The van der Waals surface area contributed by atoms with Crippen molar-refractivity contribution in [3.8, 4) is 11.3 Å². The second-order valence-corrected chi connectivity index (χ2v) is 5.43. The molecule has 0 bridgehead atoms. The van der Waals surface area contributed by atoms with Crippen molar-refractivity contribution in [2.45, 2.75) is 13.5 Å². The van der Waals surface area contributed by atoms with Crippen LogP contribution in [0.5, 0.6) is 0 Å². The minimum atomic E-state index is 0. The summed E-state index contributed by atoms with van der Waals surface area (Å²) in [5.74, 6) is 0.911. The fourth-order valence-electron chi connectivity index (χ4n) is 1.91. The van der Waals surface area contributed by atoms with Crippen LogP contribution >= 0.6 is 28.3 Å². The van der Waals surface area contributed by atoms with Crippen LogP contribution in [-0.4, -0.2) is 4.98 Å². The van der Waals surface area contributed by atoms with E-state index in [2.05, 4.69) is 29.4 Å². The quantitative estimate of drug-likeness (QED) is 0.726. The summed E-state index contributed by atoms with van der Waals surface area (Å²) in [5.41, 5.74) is 2.20. The number of thiazole rings is 1. The van der Waals surface area contributed by atoms with E-state index in [1.165, 1.54) is 4.88 Å². The van der Waals surface area contributed by atoms with Crippen molar-refractivity contribution in [1.29, 1.82) is 0 Å². The molecule has 0 radical (unpaired) electrons. The third kappa shape index (κ3) is 3.29. The van der Waals surface area contributed by atoms with Crippen molar-refractivity contribution in [2.24, 2.45) is 0 Å². The molecule has 3 aromatic rings. The minimum absolute atomic E-state index is 0. The highest BCUT2D eigenvalue weighted by atomic mass is 79.9. The SMILES string of the molecule is Br.Cc1sc(NCc2ccco2)nc1-c1ccccc1. The van der Waals surface area contributed by atoms with Crippen molar-refractivity contribution >= 4 is 33.4 Å². The molecule has 2 heterocycles. The van der Waals surface area contributed by atoms with E-state index in [1.54, 1.807) is 17.6 Å². The van der Waals surface area contributed by atoms with Gasteiger partial charge in [0.1, 0.15) is 5.76 Å². The first kappa shape index (κ1) is 14.8. The molecule has 0 saturated carbocycles. The maximum Gasteiger partial charge on any atom is 0.183 e. The van der Waals surface area contributed by atoms with E-state index in [-0.39, 0.29) is 17.0 Å². The van der Waals surface area contributed by atoms with E-state index < -0.39 is 0 Å². The standard InChI is InChI=1S/C15H14N2OS.BrH/c1-11-14(12-6-3-2-4-7-12)17-15(19-11)16-10-13-8-5-9-18-13;/h2-9H,10H2,1H3,(H,16,17);1H. The van der Waals surface area contributed by atoms with E-state index in [0.29, 0.717) is 6.54 Å². The van der Waals surface area contributed by atoms with Gasteiger partial charge in [0.05, 0.1) is 18.5 Å². The molecule has 0 saturated heterocycles. The van der Waals surface area contributed by atoms with Crippen LogP contribution in [0, 0.1) is 6.92 Å². The number of aromatic nitrogens is 1. The van der Waals surface area contributed by atoms with Gasteiger partial charge in [-0.05, 0) is 19.1 Å². The smallest absolute Gasteiger partial charge is 0.183 e. The summed E-state index contributed by atoms with van der Waals surface area (Å²) >= 11 is 1.67. The Morgan fingerprint density at radius 3 is 2.65 bits per heavy atom. The molecule has 1 N–H and O–H groups in total. The fourth-order valence-corrected chi connectivity index (χ4v) is 2.74. The molecule has 2 aromatic heterocycles. The largest absolute Gasteiger partial charge is 0.467 e. The summed E-state index contributed by atoms with van der Waals surface area (Å²) in [5, 5.41) is 4.22. The topological polar surface area (TPSA) is 38.1 Å². The molecule has 0 atom stereocenters. The van der Waals surface area contributed by atoms with Gasteiger partial charge in [0.15, 0.2) is 5.13 Å². The van der Waals surface area contributed by atoms with Gasteiger partial charge in [0, 0.05) is 10.4 Å². The van der Waals surface area contributed by atoms with Gasteiger partial charge in [-0.15, -0.1) is 28.3 Å². The predicted octanol–water partition coefficient (Wildman–Crippen LogP) is 4.90. The highest BCUT2D eigenvalue weighted by Crippen LogP contribution is 2.30. The van der Waals surface area contributed by atoms with E-state index in [9.17, 15) is 0 Å². The van der Waals surface area contributed by atoms with Crippen LogP contribution in [0.25, 0.3) is 11.3 Å². The number of aryl methyl sites for hydroxylation is 1. The van der Waals surface area contributed by atoms with Gasteiger partial charge in [-0.3, -0.25) is 0 Å². The molecule has 104 valence electrons. The molecule has 0 aliphatic heterocycles. The average molecular weight is 351 g/mol. The molecule has 20 heavy (non-hydrogen) atoms. The Morgan fingerprint density at radius 2 is 1.95 bits per heavy atom. The van der Waals surface area contributed by atoms with E-state index in [1.807, 2.05) is 30.3 Å². The van der Waals surface area contributed by atoms with Gasteiger partial charge in [0.2, 0.25) is 0 Å². The number of nitrogens with zero attached hydrogens (tertiary/aromatic N) is 1. The lowest BCUT2D eigenvalue weighted by Gasteiger charge is -1.99. The van der Waals surface area contributed by atoms with Gasteiger partial charge < -0.3 is 9.73 Å². The first-order valence-corrected chi connectivity index (χ1v) is 6.93.